The minimum atomic E-state index is -0.588. The highest BCUT2D eigenvalue weighted by Crippen LogP contribution is 2.25. The van der Waals surface area contributed by atoms with Crippen LogP contribution >= 0.6 is 17.0 Å². The molecule has 1 aliphatic heterocycles. The van der Waals surface area contributed by atoms with Crippen LogP contribution in [0.2, 0.25) is 0 Å². The molecule has 43 heavy (non-hydrogen) atoms. The Balaban J connectivity index is 0.00000423. The maximum Gasteiger partial charge on any atom is 0.410 e. The van der Waals surface area contributed by atoms with Crippen molar-refractivity contribution in [3.05, 3.63) is 101 Å². The predicted molar refractivity (Wildman–Crippen MR) is 173 cm³/mol. The summed E-state index contributed by atoms with van der Waals surface area (Å²) in [4.78, 5) is 26.9. The number of ether oxygens (including phenoxy) is 2. The molecule has 1 saturated heterocycles. The summed E-state index contributed by atoms with van der Waals surface area (Å²) in [5.74, 6) is -0.722. The Kier molecular flexibility index (Phi) is 9.85. The second kappa shape index (κ2) is 13.2. The van der Waals surface area contributed by atoms with Gasteiger partial charge in [0.2, 0.25) is 5.62 Å². The van der Waals surface area contributed by atoms with Gasteiger partial charge in [0.1, 0.15) is 12.2 Å². The fraction of sp³-hybridized carbons (Fsp3) is 0.382. The van der Waals surface area contributed by atoms with Gasteiger partial charge in [-0.15, -0.1) is 17.0 Å². The van der Waals surface area contributed by atoms with Gasteiger partial charge in [-0.25, -0.2) is 4.79 Å². The van der Waals surface area contributed by atoms with E-state index in [0.29, 0.717) is 18.6 Å². The van der Waals surface area contributed by atoms with Crippen molar-refractivity contribution in [3.8, 4) is 0 Å². The topological polar surface area (TPSA) is 89.6 Å². The molecule has 1 atom stereocenters. The highest BCUT2D eigenvalue weighted by atomic mass is 79.9. The van der Waals surface area contributed by atoms with Crippen LogP contribution in [0.3, 0.4) is 0 Å². The van der Waals surface area contributed by atoms with Crippen molar-refractivity contribution in [2.45, 2.75) is 59.2 Å². The smallest absolute Gasteiger partial charge is 0.410 e. The van der Waals surface area contributed by atoms with Gasteiger partial charge in [-0.1, -0.05) is 71.8 Å². The van der Waals surface area contributed by atoms with E-state index in [4.69, 9.17) is 9.47 Å². The summed E-state index contributed by atoms with van der Waals surface area (Å²) in [7, 11) is 0. The fourth-order valence-corrected chi connectivity index (χ4v) is 5.28. The first-order chi connectivity index (χ1) is 20.0. The Bertz CT molecular complexity index is 1630. The van der Waals surface area contributed by atoms with Gasteiger partial charge in [0.15, 0.2) is 0 Å². The van der Waals surface area contributed by atoms with E-state index in [9.17, 15) is 15.0 Å². The highest BCUT2D eigenvalue weighted by Gasteiger charge is 2.39. The number of rotatable bonds is 8. The highest BCUT2D eigenvalue weighted by molar-refractivity contribution is 8.93. The van der Waals surface area contributed by atoms with Crippen LogP contribution in [0, 0.1) is 25.2 Å². The Morgan fingerprint density at radius 3 is 2.02 bits per heavy atom. The molecule has 0 spiro atoms. The summed E-state index contributed by atoms with van der Waals surface area (Å²) >= 11 is 0. The fourth-order valence-electron chi connectivity index (χ4n) is 5.28. The lowest BCUT2D eigenvalue weighted by atomic mass is 10.0. The zero-order chi connectivity index (χ0) is 30.0. The number of para-hydroxylation sites is 2. The van der Waals surface area contributed by atoms with Crippen molar-refractivity contribution in [2.75, 3.05) is 19.7 Å². The molecule has 2 heterocycles. The minimum Gasteiger partial charge on any atom is -0.463 e. The van der Waals surface area contributed by atoms with Gasteiger partial charge in [0.25, 0.3) is 0 Å². The second-order valence-corrected chi connectivity index (χ2v) is 12.3. The molecule has 228 valence electrons. The first-order valence-electron chi connectivity index (χ1n) is 14.5. The van der Waals surface area contributed by atoms with Crippen LogP contribution in [0.4, 0.5) is 4.79 Å². The van der Waals surface area contributed by atoms with Crippen molar-refractivity contribution in [1.29, 1.82) is 5.41 Å². The molecule has 0 aliphatic carbocycles. The van der Waals surface area contributed by atoms with E-state index < -0.39 is 11.7 Å². The largest absolute Gasteiger partial charge is 0.463 e. The normalized spacial score (nSPS) is 14.1. The molecule has 5 rings (SSSR count). The lowest BCUT2D eigenvalue weighted by molar-refractivity contribution is -0.155. The van der Waals surface area contributed by atoms with Crippen molar-refractivity contribution in [3.63, 3.8) is 0 Å². The maximum absolute atomic E-state index is 13.1. The number of halogens is 1. The number of carbonyl (C=O) groups is 2. The number of carbonyl (C=O) groups excluding carboxylic acids is 2. The number of amides is 1. The van der Waals surface area contributed by atoms with Crippen LogP contribution in [-0.2, 0) is 27.2 Å². The van der Waals surface area contributed by atoms with Crippen molar-refractivity contribution >= 4 is 40.1 Å². The molecule has 0 radical (unpaired) electrons. The van der Waals surface area contributed by atoms with Gasteiger partial charge in [0, 0.05) is 13.1 Å². The van der Waals surface area contributed by atoms with E-state index in [1.807, 2.05) is 54.2 Å². The number of nitrogens with zero attached hydrogens (tertiary/aromatic N) is 3. The van der Waals surface area contributed by atoms with Gasteiger partial charge in [0.05, 0.1) is 29.5 Å². The lowest BCUT2D eigenvalue weighted by Gasteiger charge is -2.38. The molecule has 1 aliphatic rings. The number of aryl methyl sites for hydroxylation is 2. The van der Waals surface area contributed by atoms with Crippen molar-refractivity contribution in [1.82, 2.24) is 14.0 Å². The average molecular weight is 650 g/mol. The van der Waals surface area contributed by atoms with Gasteiger partial charge in [-0.2, -0.15) is 0 Å². The van der Waals surface area contributed by atoms with Crippen molar-refractivity contribution < 1.29 is 19.1 Å². The van der Waals surface area contributed by atoms with Gasteiger partial charge in [-0.3, -0.25) is 10.2 Å². The van der Waals surface area contributed by atoms with E-state index in [-0.39, 0.29) is 54.6 Å². The Morgan fingerprint density at radius 2 is 1.44 bits per heavy atom. The zero-order valence-electron chi connectivity index (χ0n) is 25.5. The monoisotopic (exact) mass is 648 g/mol. The third-order valence-electron chi connectivity index (χ3n) is 7.62. The second-order valence-electron chi connectivity index (χ2n) is 12.3. The zero-order valence-corrected chi connectivity index (χ0v) is 27.2. The molecule has 1 amide bonds. The molecule has 1 aromatic heterocycles. The van der Waals surface area contributed by atoms with Crippen LogP contribution in [0.15, 0.2) is 72.8 Å². The van der Waals surface area contributed by atoms with Crippen LogP contribution in [0.5, 0.6) is 0 Å². The molecule has 1 N–H and O–H groups in total. The summed E-state index contributed by atoms with van der Waals surface area (Å²) < 4.78 is 15.3. The molecule has 8 nitrogen and oxygen atoms in total. The number of fused-ring (bicyclic) bond motifs is 1. The maximum atomic E-state index is 13.1. The summed E-state index contributed by atoms with van der Waals surface area (Å²) in [6.45, 7) is 10.8. The number of nitrogens with one attached hydrogen (secondary N) is 1. The summed E-state index contributed by atoms with van der Waals surface area (Å²) in [6, 6.07) is 24.4. The van der Waals surface area contributed by atoms with Gasteiger partial charge < -0.3 is 23.5 Å². The van der Waals surface area contributed by atoms with Crippen LogP contribution in [-0.4, -0.2) is 51.4 Å². The molecule has 1 unspecified atom stereocenters. The Labute approximate surface area is 263 Å². The Hall–Kier alpha value is -3.85. The molecule has 9 heteroatoms. The van der Waals surface area contributed by atoms with E-state index in [1.165, 1.54) is 16.0 Å². The number of hydrogen-bond donors (Lipinski definition) is 1. The number of benzene rings is 3. The first kappa shape index (κ1) is 32.1. The molecule has 3 aromatic carbocycles. The number of imidazole rings is 1. The first-order valence-corrected chi connectivity index (χ1v) is 14.5. The molecule has 4 aromatic rings. The summed E-state index contributed by atoms with van der Waals surface area (Å²) in [5, 5.41) is 9.29. The SMILES string of the molecule is Br.Cc1ccc(CC(COC(=O)C2CN(C(=O)OC(C)(C)C)C2)n2c(=N)n(Cc3ccc(C)cc3)c3ccccc32)cc1. The quantitative estimate of drug-likeness (QED) is 0.225. The van der Waals surface area contributed by atoms with Crippen LogP contribution < -0.4 is 5.62 Å². The third-order valence-corrected chi connectivity index (χ3v) is 7.62. The summed E-state index contributed by atoms with van der Waals surface area (Å²) in [5.41, 5.74) is 6.22. The van der Waals surface area contributed by atoms with Gasteiger partial charge in [-0.05, 0) is 64.3 Å². The standard InChI is InChI=1S/C34H40N4O4.BrH/c1-23-10-14-25(15-11-23)18-28(22-41-31(39)27-20-36(21-27)33(40)42-34(3,4)5)38-30-9-7-6-8-29(30)37(32(38)35)19-26-16-12-24(2)13-17-26;/h6-17,27-28,35H,18-22H2,1-5H3;1H. The number of hydrogen-bond acceptors (Lipinski definition) is 5. The van der Waals surface area contributed by atoms with E-state index in [1.54, 1.807) is 0 Å². The van der Waals surface area contributed by atoms with Crippen LogP contribution in [0.1, 0.15) is 49.1 Å². The molecular formula is C34H41BrN4O4. The van der Waals surface area contributed by atoms with Gasteiger partial charge >= 0.3 is 12.1 Å². The van der Waals surface area contributed by atoms with E-state index in [2.05, 4.69) is 62.4 Å². The van der Waals surface area contributed by atoms with E-state index >= 15 is 0 Å². The van der Waals surface area contributed by atoms with E-state index in [0.717, 1.165) is 22.2 Å². The molecular weight excluding hydrogens is 608 g/mol. The number of likely N-dealkylation sites (tertiary alicyclic amines) is 1. The predicted octanol–water partition coefficient (Wildman–Crippen LogP) is 6.36. The number of esters is 1. The third kappa shape index (κ3) is 7.57. The lowest BCUT2D eigenvalue weighted by Crippen LogP contribution is -2.54. The van der Waals surface area contributed by atoms with Crippen LogP contribution in [0.25, 0.3) is 11.0 Å². The molecule has 0 saturated carbocycles. The minimum absolute atomic E-state index is 0. The Morgan fingerprint density at radius 1 is 0.884 bits per heavy atom. The summed E-state index contributed by atoms with van der Waals surface area (Å²) in [6.07, 6.45) is 0.178. The van der Waals surface area contributed by atoms with Crippen molar-refractivity contribution in [2.24, 2.45) is 5.92 Å². The molecule has 0 bridgehead atoms. The molecule has 1 fully saturated rings. The average Bonchev–Trinajstić information content (AvgIpc) is 3.18. The number of aromatic nitrogens is 2.